The minimum atomic E-state index is -0.274. The first-order chi connectivity index (χ1) is 11.6. The number of carbonyl (C=O) groups is 1. The third kappa shape index (κ3) is 5.85. The minimum absolute atomic E-state index is 0.0273. The van der Waals surface area contributed by atoms with E-state index in [9.17, 15) is 9.18 Å². The summed E-state index contributed by atoms with van der Waals surface area (Å²) in [6.07, 6.45) is 0.439. The van der Waals surface area contributed by atoms with Gasteiger partial charge >= 0.3 is 0 Å². The molecule has 0 radical (unpaired) electrons. The lowest BCUT2D eigenvalue weighted by Gasteiger charge is -2.19. The zero-order valence-electron chi connectivity index (χ0n) is 15.4. The van der Waals surface area contributed by atoms with Crippen molar-refractivity contribution in [3.63, 3.8) is 0 Å². The summed E-state index contributed by atoms with van der Waals surface area (Å²) in [7, 11) is 0. The molecule has 1 aromatic heterocycles. The van der Waals surface area contributed by atoms with Crippen molar-refractivity contribution in [2.24, 2.45) is 5.41 Å². The van der Waals surface area contributed by atoms with Gasteiger partial charge in [-0.15, -0.1) is 0 Å². The molecular formula is C20H25FN2O2. The largest absolute Gasteiger partial charge is 0.473 e. The van der Waals surface area contributed by atoms with Crippen molar-refractivity contribution in [2.75, 3.05) is 5.32 Å². The predicted molar refractivity (Wildman–Crippen MR) is 97.1 cm³/mol. The summed E-state index contributed by atoms with van der Waals surface area (Å²) in [4.78, 5) is 16.6. The van der Waals surface area contributed by atoms with Crippen molar-refractivity contribution in [1.82, 2.24) is 4.98 Å². The number of nitrogens with one attached hydrogen (secondary N) is 1. The molecule has 0 aliphatic heterocycles. The molecule has 0 atom stereocenters. The Morgan fingerprint density at radius 1 is 1.20 bits per heavy atom. The molecule has 1 N–H and O–H groups in total. The molecule has 5 heteroatoms. The normalized spacial score (nSPS) is 11.3. The molecule has 0 saturated heterocycles. The van der Waals surface area contributed by atoms with E-state index in [1.54, 1.807) is 18.2 Å². The fourth-order valence-electron chi connectivity index (χ4n) is 2.46. The van der Waals surface area contributed by atoms with Crippen LogP contribution in [0.2, 0.25) is 0 Å². The number of hydrogen-bond donors (Lipinski definition) is 1. The zero-order chi connectivity index (χ0) is 18.6. The number of amides is 1. The molecule has 0 aliphatic carbocycles. The van der Waals surface area contributed by atoms with Crippen LogP contribution in [0.3, 0.4) is 0 Å². The third-order valence-corrected chi connectivity index (χ3v) is 3.63. The Bertz CT molecular complexity index is 726. The van der Waals surface area contributed by atoms with Crippen molar-refractivity contribution in [1.29, 1.82) is 0 Å². The number of aryl methyl sites for hydroxylation is 2. The van der Waals surface area contributed by atoms with Gasteiger partial charge in [-0.05, 0) is 42.5 Å². The Kier molecular flexibility index (Phi) is 5.77. The van der Waals surface area contributed by atoms with Gasteiger partial charge in [0.1, 0.15) is 12.4 Å². The van der Waals surface area contributed by atoms with Gasteiger partial charge in [-0.2, -0.15) is 0 Å². The molecule has 0 unspecified atom stereocenters. The van der Waals surface area contributed by atoms with Crippen LogP contribution in [0.25, 0.3) is 0 Å². The van der Waals surface area contributed by atoms with Crippen LogP contribution >= 0.6 is 0 Å². The van der Waals surface area contributed by atoms with Crippen LogP contribution < -0.4 is 10.1 Å². The number of ether oxygens (including phenoxy) is 1. The molecule has 4 nitrogen and oxygen atoms in total. The van der Waals surface area contributed by atoms with Crippen LogP contribution in [0.1, 0.15) is 44.0 Å². The van der Waals surface area contributed by atoms with Crippen molar-refractivity contribution in [3.8, 4) is 5.88 Å². The molecule has 0 aliphatic rings. The maximum atomic E-state index is 12.9. The number of halogens is 1. The van der Waals surface area contributed by atoms with Gasteiger partial charge in [0.05, 0.1) is 11.4 Å². The maximum Gasteiger partial charge on any atom is 0.224 e. The van der Waals surface area contributed by atoms with Crippen LogP contribution in [-0.4, -0.2) is 10.9 Å². The Balaban J connectivity index is 2.06. The molecular weight excluding hydrogens is 319 g/mol. The van der Waals surface area contributed by atoms with Crippen molar-refractivity contribution in [2.45, 2.75) is 47.6 Å². The summed E-state index contributed by atoms with van der Waals surface area (Å²) < 4.78 is 18.6. The monoisotopic (exact) mass is 344 g/mol. The molecule has 0 spiro atoms. The standard InChI is InChI=1S/C20H25FN2O2/c1-13-10-18(25-12-15-6-8-16(21)9-7-15)22-14(2)19(13)23-17(24)11-20(3,4)5/h6-10H,11-12H2,1-5H3,(H,23,24). The average molecular weight is 344 g/mol. The first-order valence-electron chi connectivity index (χ1n) is 8.29. The summed E-state index contributed by atoms with van der Waals surface area (Å²) in [5.41, 5.74) is 3.11. The second-order valence-electron chi connectivity index (χ2n) is 7.44. The Morgan fingerprint density at radius 2 is 1.84 bits per heavy atom. The van der Waals surface area contributed by atoms with E-state index in [-0.39, 0.29) is 17.1 Å². The highest BCUT2D eigenvalue weighted by Crippen LogP contribution is 2.25. The van der Waals surface area contributed by atoms with Gasteiger partial charge in [0.2, 0.25) is 11.8 Å². The van der Waals surface area contributed by atoms with E-state index in [1.165, 1.54) is 12.1 Å². The van der Waals surface area contributed by atoms with Gasteiger partial charge in [-0.25, -0.2) is 9.37 Å². The third-order valence-electron chi connectivity index (χ3n) is 3.63. The molecule has 25 heavy (non-hydrogen) atoms. The van der Waals surface area contributed by atoms with Crippen LogP contribution in [0.5, 0.6) is 5.88 Å². The second-order valence-corrected chi connectivity index (χ2v) is 7.44. The summed E-state index contributed by atoms with van der Waals surface area (Å²) in [5.74, 6) is 0.178. The van der Waals surface area contributed by atoms with Crippen LogP contribution in [0, 0.1) is 25.1 Å². The minimum Gasteiger partial charge on any atom is -0.473 e. The zero-order valence-corrected chi connectivity index (χ0v) is 15.4. The van der Waals surface area contributed by atoms with Crippen LogP contribution in [0.4, 0.5) is 10.1 Å². The highest BCUT2D eigenvalue weighted by atomic mass is 19.1. The van der Waals surface area contributed by atoms with Crippen LogP contribution in [-0.2, 0) is 11.4 Å². The van der Waals surface area contributed by atoms with Crippen LogP contribution in [0.15, 0.2) is 30.3 Å². The first-order valence-corrected chi connectivity index (χ1v) is 8.29. The van der Waals surface area contributed by atoms with Gasteiger partial charge in [0.25, 0.3) is 0 Å². The number of rotatable bonds is 5. The summed E-state index contributed by atoms with van der Waals surface area (Å²) >= 11 is 0. The lowest BCUT2D eigenvalue weighted by molar-refractivity contribution is -0.117. The van der Waals surface area contributed by atoms with Crippen molar-refractivity contribution >= 4 is 11.6 Å². The van der Waals surface area contributed by atoms with E-state index in [0.717, 1.165) is 16.8 Å². The van der Waals surface area contributed by atoms with Crippen molar-refractivity contribution in [3.05, 3.63) is 53.0 Å². The molecule has 2 rings (SSSR count). The molecule has 0 saturated carbocycles. The Hall–Kier alpha value is -2.43. The molecule has 0 fully saturated rings. The van der Waals surface area contributed by atoms with E-state index in [1.807, 2.05) is 34.6 Å². The SMILES string of the molecule is Cc1cc(OCc2ccc(F)cc2)nc(C)c1NC(=O)CC(C)(C)C. The fourth-order valence-corrected chi connectivity index (χ4v) is 2.46. The van der Waals surface area contributed by atoms with E-state index in [4.69, 9.17) is 4.74 Å². The maximum absolute atomic E-state index is 12.9. The number of hydrogen-bond acceptors (Lipinski definition) is 3. The van der Waals surface area contributed by atoms with E-state index < -0.39 is 0 Å². The Labute approximate surface area is 148 Å². The van der Waals surface area contributed by atoms with Gasteiger partial charge in [0, 0.05) is 12.5 Å². The summed E-state index contributed by atoms with van der Waals surface area (Å²) in [6, 6.07) is 7.95. The molecule has 0 bridgehead atoms. The number of aromatic nitrogens is 1. The molecule has 1 aromatic carbocycles. The topological polar surface area (TPSA) is 51.2 Å². The first kappa shape index (κ1) is 18.9. The molecule has 2 aromatic rings. The smallest absolute Gasteiger partial charge is 0.224 e. The van der Waals surface area contributed by atoms with Crippen molar-refractivity contribution < 1.29 is 13.9 Å². The molecule has 134 valence electrons. The second kappa shape index (κ2) is 7.64. The highest BCUT2D eigenvalue weighted by molar-refractivity contribution is 5.92. The number of pyridine rings is 1. The van der Waals surface area contributed by atoms with E-state index >= 15 is 0 Å². The fraction of sp³-hybridized carbons (Fsp3) is 0.400. The number of nitrogens with zero attached hydrogens (tertiary/aromatic N) is 1. The van der Waals surface area contributed by atoms with Gasteiger partial charge < -0.3 is 10.1 Å². The van der Waals surface area contributed by atoms with Gasteiger partial charge in [0.15, 0.2) is 0 Å². The number of anilines is 1. The number of benzene rings is 1. The molecule has 1 amide bonds. The Morgan fingerprint density at radius 3 is 2.40 bits per heavy atom. The van der Waals surface area contributed by atoms with Gasteiger partial charge in [-0.1, -0.05) is 32.9 Å². The number of carbonyl (C=O) groups excluding carboxylic acids is 1. The van der Waals surface area contributed by atoms with E-state index in [0.29, 0.717) is 24.6 Å². The van der Waals surface area contributed by atoms with Gasteiger partial charge in [-0.3, -0.25) is 4.79 Å². The lowest BCUT2D eigenvalue weighted by atomic mass is 9.92. The average Bonchev–Trinajstić information content (AvgIpc) is 2.48. The summed E-state index contributed by atoms with van der Waals surface area (Å²) in [6.45, 7) is 10.1. The molecule has 1 heterocycles. The quantitative estimate of drug-likeness (QED) is 0.848. The predicted octanol–water partition coefficient (Wildman–Crippen LogP) is 4.79. The lowest BCUT2D eigenvalue weighted by Crippen LogP contribution is -2.21. The van der Waals surface area contributed by atoms with E-state index in [2.05, 4.69) is 10.3 Å². The highest BCUT2D eigenvalue weighted by Gasteiger charge is 2.18. The summed E-state index contributed by atoms with van der Waals surface area (Å²) in [5, 5.41) is 2.94.